The fourth-order valence-corrected chi connectivity index (χ4v) is 2.92. The molecule has 1 fully saturated rings. The minimum atomic E-state index is -0.0218. The highest BCUT2D eigenvalue weighted by molar-refractivity contribution is 5.93. The Labute approximate surface area is 136 Å². The third-order valence-electron chi connectivity index (χ3n) is 4.53. The highest BCUT2D eigenvalue weighted by atomic mass is 16.5. The van der Waals surface area contributed by atoms with Gasteiger partial charge in [0.1, 0.15) is 0 Å². The van der Waals surface area contributed by atoms with E-state index in [1.807, 2.05) is 24.9 Å². The zero-order valence-electron chi connectivity index (χ0n) is 14.2. The lowest BCUT2D eigenvalue weighted by atomic mass is 10.0. The predicted molar refractivity (Wildman–Crippen MR) is 89.4 cm³/mol. The molecule has 1 aliphatic rings. The van der Waals surface area contributed by atoms with Crippen molar-refractivity contribution >= 4 is 5.91 Å². The van der Waals surface area contributed by atoms with Crippen LogP contribution in [0.15, 0.2) is 24.3 Å². The van der Waals surface area contributed by atoms with Gasteiger partial charge in [-0.3, -0.25) is 9.48 Å². The number of rotatable bonds is 2. The van der Waals surface area contributed by atoms with Gasteiger partial charge < -0.3 is 9.64 Å². The van der Waals surface area contributed by atoms with E-state index in [0.717, 1.165) is 11.3 Å². The molecule has 1 amide bonds. The molecule has 2 aromatic rings. The molecule has 1 atom stereocenters. The number of benzene rings is 1. The van der Waals surface area contributed by atoms with Crippen molar-refractivity contribution in [2.45, 2.75) is 26.8 Å². The lowest BCUT2D eigenvalue weighted by Gasteiger charge is -2.32. The van der Waals surface area contributed by atoms with Crippen LogP contribution in [-0.4, -0.2) is 46.4 Å². The summed E-state index contributed by atoms with van der Waals surface area (Å²) in [6.45, 7) is 7.99. The van der Waals surface area contributed by atoms with Crippen LogP contribution in [0.1, 0.15) is 28.5 Å². The van der Waals surface area contributed by atoms with Crippen LogP contribution >= 0.6 is 0 Å². The van der Waals surface area contributed by atoms with Crippen LogP contribution in [0.25, 0.3) is 11.3 Å². The average Bonchev–Trinajstić information content (AvgIpc) is 2.92. The van der Waals surface area contributed by atoms with Gasteiger partial charge in [-0.25, -0.2) is 0 Å². The van der Waals surface area contributed by atoms with Crippen molar-refractivity contribution in [3.8, 4) is 11.3 Å². The molecule has 0 N–H and O–H groups in total. The summed E-state index contributed by atoms with van der Waals surface area (Å²) < 4.78 is 7.18. The fraction of sp³-hybridized carbons (Fsp3) is 0.444. The molecule has 2 heterocycles. The maximum Gasteiger partial charge on any atom is 0.274 e. The molecule has 0 bridgehead atoms. The molecule has 1 aromatic carbocycles. The predicted octanol–water partition coefficient (Wildman–Crippen LogP) is 2.56. The first-order valence-corrected chi connectivity index (χ1v) is 7.97. The maximum absolute atomic E-state index is 12.7. The van der Waals surface area contributed by atoms with Crippen molar-refractivity contribution in [1.29, 1.82) is 0 Å². The molecule has 0 aliphatic carbocycles. The maximum atomic E-state index is 12.7. The van der Waals surface area contributed by atoms with E-state index in [0.29, 0.717) is 25.5 Å². The van der Waals surface area contributed by atoms with Crippen molar-refractivity contribution < 1.29 is 9.53 Å². The Hall–Kier alpha value is -2.14. The molecule has 122 valence electrons. The normalized spacial score (nSPS) is 18.3. The topological polar surface area (TPSA) is 47.4 Å². The van der Waals surface area contributed by atoms with Crippen molar-refractivity contribution in [2.24, 2.45) is 7.05 Å². The van der Waals surface area contributed by atoms with E-state index in [1.165, 1.54) is 11.1 Å². The van der Waals surface area contributed by atoms with Crippen LogP contribution < -0.4 is 0 Å². The Morgan fingerprint density at radius 3 is 2.74 bits per heavy atom. The van der Waals surface area contributed by atoms with Gasteiger partial charge in [0.15, 0.2) is 5.69 Å². The fourth-order valence-electron chi connectivity index (χ4n) is 2.92. The molecule has 3 rings (SSSR count). The van der Waals surface area contributed by atoms with E-state index in [4.69, 9.17) is 4.74 Å². The standard InChI is InChI=1S/C18H23N3O2/c1-12-5-6-15(9-13(12)2)17-10-16(19-20(17)4)18(22)21-7-8-23-11-14(21)3/h5-6,9-10,14H,7-8,11H2,1-4H3. The molecule has 0 saturated carbocycles. The third kappa shape index (κ3) is 3.01. The summed E-state index contributed by atoms with van der Waals surface area (Å²) in [5.41, 5.74) is 5.02. The van der Waals surface area contributed by atoms with Crippen LogP contribution in [-0.2, 0) is 11.8 Å². The first-order chi connectivity index (χ1) is 11.0. The SMILES string of the molecule is Cc1ccc(-c2cc(C(=O)N3CCOCC3C)nn2C)cc1C. The van der Waals surface area contributed by atoms with Gasteiger partial charge in [0.05, 0.1) is 24.9 Å². The second kappa shape index (κ2) is 6.16. The number of carbonyl (C=O) groups is 1. The summed E-state index contributed by atoms with van der Waals surface area (Å²) in [5, 5.41) is 4.43. The number of amides is 1. The molecule has 1 unspecified atom stereocenters. The molecule has 5 heteroatoms. The Morgan fingerprint density at radius 1 is 1.26 bits per heavy atom. The molecule has 1 aliphatic heterocycles. The molecule has 0 spiro atoms. The molecular formula is C18H23N3O2. The highest BCUT2D eigenvalue weighted by Gasteiger charge is 2.27. The van der Waals surface area contributed by atoms with Gasteiger partial charge in [0, 0.05) is 19.2 Å². The zero-order chi connectivity index (χ0) is 16.6. The quantitative estimate of drug-likeness (QED) is 0.856. The van der Waals surface area contributed by atoms with Crippen molar-refractivity contribution in [1.82, 2.24) is 14.7 Å². The number of hydrogen-bond donors (Lipinski definition) is 0. The van der Waals surface area contributed by atoms with Gasteiger partial charge in [0.25, 0.3) is 5.91 Å². The summed E-state index contributed by atoms with van der Waals surface area (Å²) in [4.78, 5) is 14.6. The number of ether oxygens (including phenoxy) is 1. The third-order valence-corrected chi connectivity index (χ3v) is 4.53. The number of morpholine rings is 1. The number of carbonyl (C=O) groups excluding carboxylic acids is 1. The number of nitrogens with zero attached hydrogens (tertiary/aromatic N) is 3. The minimum Gasteiger partial charge on any atom is -0.377 e. The molecule has 5 nitrogen and oxygen atoms in total. The Bertz CT molecular complexity index is 736. The summed E-state index contributed by atoms with van der Waals surface area (Å²) in [6, 6.07) is 8.28. The van der Waals surface area contributed by atoms with E-state index in [2.05, 4.69) is 37.1 Å². The molecule has 23 heavy (non-hydrogen) atoms. The first-order valence-electron chi connectivity index (χ1n) is 7.97. The van der Waals surface area contributed by atoms with Crippen LogP contribution in [0.4, 0.5) is 0 Å². The van der Waals surface area contributed by atoms with Crippen LogP contribution in [0, 0.1) is 13.8 Å². The molecule has 0 radical (unpaired) electrons. The molecule has 1 aromatic heterocycles. The molecular weight excluding hydrogens is 290 g/mol. The van der Waals surface area contributed by atoms with E-state index in [-0.39, 0.29) is 11.9 Å². The van der Waals surface area contributed by atoms with Gasteiger partial charge in [-0.05, 0) is 44.0 Å². The van der Waals surface area contributed by atoms with Gasteiger partial charge in [0.2, 0.25) is 0 Å². The van der Waals surface area contributed by atoms with E-state index < -0.39 is 0 Å². The Kier molecular flexibility index (Phi) is 4.22. The number of aryl methyl sites for hydroxylation is 3. The Balaban J connectivity index is 1.91. The first kappa shape index (κ1) is 15.7. The second-order valence-electron chi connectivity index (χ2n) is 6.26. The number of hydrogen-bond acceptors (Lipinski definition) is 3. The summed E-state index contributed by atoms with van der Waals surface area (Å²) in [7, 11) is 1.88. The van der Waals surface area contributed by atoms with E-state index >= 15 is 0 Å². The lowest BCUT2D eigenvalue weighted by molar-refractivity contribution is 0.00323. The summed E-state index contributed by atoms with van der Waals surface area (Å²) in [6.07, 6.45) is 0. The van der Waals surface area contributed by atoms with Gasteiger partial charge in [-0.1, -0.05) is 12.1 Å². The lowest BCUT2D eigenvalue weighted by Crippen LogP contribution is -2.47. The van der Waals surface area contributed by atoms with E-state index in [1.54, 1.807) is 4.68 Å². The van der Waals surface area contributed by atoms with Crippen molar-refractivity contribution in [3.05, 3.63) is 41.1 Å². The van der Waals surface area contributed by atoms with Gasteiger partial charge in [-0.15, -0.1) is 0 Å². The summed E-state index contributed by atoms with van der Waals surface area (Å²) >= 11 is 0. The monoisotopic (exact) mass is 313 g/mol. The van der Waals surface area contributed by atoms with Crippen molar-refractivity contribution in [3.63, 3.8) is 0 Å². The smallest absolute Gasteiger partial charge is 0.274 e. The van der Waals surface area contributed by atoms with Gasteiger partial charge in [-0.2, -0.15) is 5.10 Å². The molecule has 1 saturated heterocycles. The zero-order valence-corrected chi connectivity index (χ0v) is 14.2. The largest absolute Gasteiger partial charge is 0.377 e. The summed E-state index contributed by atoms with van der Waals surface area (Å²) in [5.74, 6) is -0.0218. The minimum absolute atomic E-state index is 0.0218. The Morgan fingerprint density at radius 2 is 2.04 bits per heavy atom. The van der Waals surface area contributed by atoms with Crippen LogP contribution in [0.3, 0.4) is 0 Å². The van der Waals surface area contributed by atoms with Crippen molar-refractivity contribution in [2.75, 3.05) is 19.8 Å². The second-order valence-corrected chi connectivity index (χ2v) is 6.26. The van der Waals surface area contributed by atoms with Gasteiger partial charge >= 0.3 is 0 Å². The number of aromatic nitrogens is 2. The highest BCUT2D eigenvalue weighted by Crippen LogP contribution is 2.23. The average molecular weight is 313 g/mol. The van der Waals surface area contributed by atoms with E-state index in [9.17, 15) is 4.79 Å². The van der Waals surface area contributed by atoms with Crippen LogP contribution in [0.5, 0.6) is 0 Å². The van der Waals surface area contributed by atoms with Crippen LogP contribution in [0.2, 0.25) is 0 Å².